The number of hydrogen-bond acceptors (Lipinski definition) is 6. The number of aryl methyl sites for hydroxylation is 3. The lowest BCUT2D eigenvalue weighted by Gasteiger charge is -2.39. The number of hydrogen-bond donors (Lipinski definition) is 0. The highest BCUT2D eigenvalue weighted by molar-refractivity contribution is 5.77. The summed E-state index contributed by atoms with van der Waals surface area (Å²) >= 11 is 0. The van der Waals surface area contributed by atoms with Crippen LogP contribution in [-0.2, 0) is 13.0 Å². The van der Waals surface area contributed by atoms with E-state index < -0.39 is 0 Å². The molecule has 5 aromatic rings. The van der Waals surface area contributed by atoms with Gasteiger partial charge < -0.3 is 14.2 Å². The normalized spacial score (nSPS) is 14.6. The Hall–Kier alpha value is -4.01. The summed E-state index contributed by atoms with van der Waals surface area (Å²) in [5.74, 6) is 1.39. The van der Waals surface area contributed by atoms with E-state index in [4.69, 9.17) is 9.72 Å². The fraction of sp³-hybridized carbons (Fsp3) is 0.417. The first kappa shape index (κ1) is 30.0. The third-order valence-electron chi connectivity index (χ3n) is 9.03. The molecule has 0 unspecified atom stereocenters. The van der Waals surface area contributed by atoms with E-state index in [9.17, 15) is 4.79 Å². The third-order valence-corrected chi connectivity index (χ3v) is 9.03. The quantitative estimate of drug-likeness (QED) is 0.168. The minimum Gasteiger partial charge on any atom is -0.481 e. The fourth-order valence-electron chi connectivity index (χ4n) is 6.76. The summed E-state index contributed by atoms with van der Waals surface area (Å²) in [6.45, 7) is 10.1. The Morgan fingerprint density at radius 3 is 2.05 bits per heavy atom. The van der Waals surface area contributed by atoms with Crippen molar-refractivity contribution in [3.05, 3.63) is 106 Å². The molecule has 2 aromatic carbocycles. The van der Waals surface area contributed by atoms with Gasteiger partial charge in [-0.2, -0.15) is 4.98 Å². The molecular formula is C36H44N6O2. The van der Waals surface area contributed by atoms with Gasteiger partial charge in [-0.05, 0) is 43.5 Å². The first-order chi connectivity index (χ1) is 21.6. The highest BCUT2D eigenvalue weighted by Crippen LogP contribution is 2.29. The van der Waals surface area contributed by atoms with E-state index in [1.807, 2.05) is 28.0 Å². The van der Waals surface area contributed by atoms with Crippen molar-refractivity contribution in [1.29, 1.82) is 0 Å². The van der Waals surface area contributed by atoms with Crippen LogP contribution in [-0.4, -0.2) is 68.6 Å². The second-order valence-corrected chi connectivity index (χ2v) is 11.8. The second-order valence-electron chi connectivity index (χ2n) is 11.8. The number of benzene rings is 2. The summed E-state index contributed by atoms with van der Waals surface area (Å²) in [6, 6.07) is 25.9. The number of ether oxygens (including phenoxy) is 1. The number of pyridine rings is 1. The molecule has 1 fully saturated rings. The van der Waals surface area contributed by atoms with Gasteiger partial charge in [0.05, 0.1) is 24.4 Å². The molecule has 0 saturated carbocycles. The summed E-state index contributed by atoms with van der Waals surface area (Å²) in [5, 5.41) is 0. The van der Waals surface area contributed by atoms with E-state index in [0.717, 1.165) is 81.1 Å². The van der Waals surface area contributed by atoms with Crippen molar-refractivity contribution in [3.8, 4) is 5.88 Å². The average Bonchev–Trinajstić information content (AvgIpc) is 3.42. The molecule has 0 aliphatic carbocycles. The minimum absolute atomic E-state index is 0.0105. The lowest BCUT2D eigenvalue weighted by atomic mass is 9.96. The van der Waals surface area contributed by atoms with E-state index in [0.29, 0.717) is 24.0 Å². The van der Waals surface area contributed by atoms with Gasteiger partial charge in [0.2, 0.25) is 5.88 Å². The van der Waals surface area contributed by atoms with Crippen LogP contribution in [0, 0.1) is 6.92 Å². The van der Waals surface area contributed by atoms with Crippen molar-refractivity contribution in [2.24, 2.45) is 0 Å². The minimum atomic E-state index is 0.0105. The number of fused-ring (bicyclic) bond motifs is 3. The second kappa shape index (κ2) is 13.7. The van der Waals surface area contributed by atoms with Crippen molar-refractivity contribution in [2.45, 2.75) is 58.5 Å². The van der Waals surface area contributed by atoms with Crippen LogP contribution in [0.15, 0.2) is 77.6 Å². The Labute approximate surface area is 259 Å². The van der Waals surface area contributed by atoms with Crippen molar-refractivity contribution in [1.82, 2.24) is 28.7 Å². The predicted molar refractivity (Wildman–Crippen MR) is 177 cm³/mol. The summed E-state index contributed by atoms with van der Waals surface area (Å²) < 4.78 is 9.23. The van der Waals surface area contributed by atoms with Gasteiger partial charge in [-0.1, -0.05) is 80.4 Å². The molecule has 1 saturated heterocycles. The molecule has 1 aliphatic rings. The summed E-state index contributed by atoms with van der Waals surface area (Å²) in [6.07, 6.45) is 5.10. The smallest absolute Gasteiger partial charge is 0.277 e. The number of unbranched alkanes of at least 4 members (excludes halogenated alkanes) is 3. The van der Waals surface area contributed by atoms with Crippen LogP contribution in [0.3, 0.4) is 0 Å². The van der Waals surface area contributed by atoms with E-state index >= 15 is 0 Å². The van der Waals surface area contributed by atoms with Crippen LogP contribution in [0.1, 0.15) is 61.3 Å². The van der Waals surface area contributed by atoms with Crippen LogP contribution >= 0.6 is 0 Å². The lowest BCUT2D eigenvalue weighted by Crippen LogP contribution is -2.48. The Balaban J connectivity index is 1.03. The summed E-state index contributed by atoms with van der Waals surface area (Å²) in [7, 11) is 1.62. The van der Waals surface area contributed by atoms with Gasteiger partial charge in [0.25, 0.3) is 5.56 Å². The molecule has 4 heterocycles. The van der Waals surface area contributed by atoms with Gasteiger partial charge >= 0.3 is 0 Å². The van der Waals surface area contributed by atoms with E-state index in [2.05, 4.69) is 82.4 Å². The number of aromatic nitrogens is 4. The van der Waals surface area contributed by atoms with Crippen LogP contribution in [0.25, 0.3) is 16.7 Å². The Morgan fingerprint density at radius 2 is 1.43 bits per heavy atom. The molecule has 0 atom stereocenters. The molecule has 0 N–H and O–H groups in total. The fourth-order valence-corrected chi connectivity index (χ4v) is 6.76. The van der Waals surface area contributed by atoms with E-state index in [1.54, 1.807) is 7.11 Å². The maximum Gasteiger partial charge on any atom is 0.277 e. The zero-order chi connectivity index (χ0) is 30.5. The third kappa shape index (κ3) is 6.14. The van der Waals surface area contributed by atoms with Gasteiger partial charge in [-0.25, -0.2) is 4.98 Å². The Bertz CT molecular complexity index is 1700. The number of imidazole rings is 1. The van der Waals surface area contributed by atoms with E-state index in [1.165, 1.54) is 17.5 Å². The molecule has 6 rings (SSSR count). The Morgan fingerprint density at radius 1 is 0.795 bits per heavy atom. The van der Waals surface area contributed by atoms with Gasteiger partial charge in [0, 0.05) is 45.2 Å². The molecule has 0 radical (unpaired) electrons. The molecular weight excluding hydrogens is 548 g/mol. The maximum absolute atomic E-state index is 13.7. The monoisotopic (exact) mass is 592 g/mol. The molecule has 0 amide bonds. The van der Waals surface area contributed by atoms with Crippen molar-refractivity contribution < 1.29 is 4.74 Å². The number of piperazine rings is 1. The SMILES string of the molecule is CCc1nc(C)c2c(=O)n(CCCCCCN3CCN(C(c4ccccc4)c4ccccc4)CC3)c3ccc(OC)nc3n12. The molecule has 8 heteroatoms. The van der Waals surface area contributed by atoms with Crippen molar-refractivity contribution >= 4 is 16.7 Å². The largest absolute Gasteiger partial charge is 0.481 e. The molecule has 8 nitrogen and oxygen atoms in total. The standard InChI is InChI=1S/C36H44N6O2/c1-4-31-37-27(2)33-36(43)41(30-19-20-32(44-3)38-35(30)42(31)33)22-14-6-5-13-21-39-23-25-40(26-24-39)34(28-15-9-7-10-16-28)29-17-11-8-12-18-29/h7-12,15-20,34H,4-6,13-14,21-26H2,1-3H3. The van der Waals surface area contributed by atoms with Gasteiger partial charge in [0.15, 0.2) is 5.65 Å². The van der Waals surface area contributed by atoms with Gasteiger partial charge in [0.1, 0.15) is 11.3 Å². The zero-order valence-corrected chi connectivity index (χ0v) is 26.3. The van der Waals surface area contributed by atoms with Gasteiger partial charge in [-0.15, -0.1) is 0 Å². The average molecular weight is 593 g/mol. The number of rotatable bonds is 12. The summed E-state index contributed by atoms with van der Waals surface area (Å²) in [4.78, 5) is 28.3. The molecule has 44 heavy (non-hydrogen) atoms. The zero-order valence-electron chi connectivity index (χ0n) is 26.3. The van der Waals surface area contributed by atoms with Crippen LogP contribution in [0.2, 0.25) is 0 Å². The highest BCUT2D eigenvalue weighted by atomic mass is 16.5. The van der Waals surface area contributed by atoms with Crippen LogP contribution in [0.5, 0.6) is 5.88 Å². The topological polar surface area (TPSA) is 67.9 Å². The first-order valence-electron chi connectivity index (χ1n) is 16.1. The van der Waals surface area contributed by atoms with Crippen molar-refractivity contribution in [3.63, 3.8) is 0 Å². The maximum atomic E-state index is 13.7. The summed E-state index contributed by atoms with van der Waals surface area (Å²) in [5.41, 5.74) is 5.68. The van der Waals surface area contributed by atoms with E-state index in [-0.39, 0.29) is 5.56 Å². The van der Waals surface area contributed by atoms with Gasteiger partial charge in [-0.3, -0.25) is 14.1 Å². The predicted octanol–water partition coefficient (Wildman–Crippen LogP) is 5.89. The first-order valence-corrected chi connectivity index (χ1v) is 16.1. The number of methoxy groups -OCH3 is 1. The molecule has 3 aromatic heterocycles. The molecule has 0 bridgehead atoms. The molecule has 230 valence electrons. The number of nitrogens with zero attached hydrogens (tertiary/aromatic N) is 6. The highest BCUT2D eigenvalue weighted by Gasteiger charge is 2.26. The molecule has 0 spiro atoms. The lowest BCUT2D eigenvalue weighted by molar-refractivity contribution is 0.108. The Kier molecular flexibility index (Phi) is 9.38. The molecule has 1 aliphatic heterocycles. The van der Waals surface area contributed by atoms with Crippen LogP contribution < -0.4 is 10.3 Å². The van der Waals surface area contributed by atoms with Crippen molar-refractivity contribution in [2.75, 3.05) is 39.8 Å². The van der Waals surface area contributed by atoms with Crippen LogP contribution in [0.4, 0.5) is 0 Å².